The summed E-state index contributed by atoms with van der Waals surface area (Å²) in [6.45, 7) is 1.02. The van der Waals surface area contributed by atoms with E-state index < -0.39 is 75.4 Å². The molecular weight excluding hydrogens is 527 g/mol. The monoisotopic (exact) mass is 533 g/mol. The van der Waals surface area contributed by atoms with Crippen LogP contribution in [-0.4, -0.2) is 25.7 Å². The summed E-state index contributed by atoms with van der Waals surface area (Å²) in [5, 5.41) is 13.6. The Balaban J connectivity index is 0.00000385. The number of aryl methyl sites for hydroxylation is 1. The molecule has 15 heteroatoms. The van der Waals surface area contributed by atoms with Gasteiger partial charge < -0.3 is 5.11 Å². The molecule has 0 saturated carbocycles. The van der Waals surface area contributed by atoms with Crippen LogP contribution in [0.5, 0.6) is 5.88 Å². The number of ketones is 1. The van der Waals surface area contributed by atoms with Gasteiger partial charge in [0.1, 0.15) is 11.3 Å². The summed E-state index contributed by atoms with van der Waals surface area (Å²) in [5.41, 5.74) is -6.98. The number of benzene rings is 1. The van der Waals surface area contributed by atoms with Crippen LogP contribution in [0.25, 0.3) is 5.69 Å². The van der Waals surface area contributed by atoms with Crippen molar-refractivity contribution < 1.29 is 68.9 Å². The molecule has 0 saturated heterocycles. The third kappa shape index (κ3) is 4.73. The van der Waals surface area contributed by atoms with Gasteiger partial charge >= 0.3 is 12.4 Å². The van der Waals surface area contributed by atoms with Gasteiger partial charge in [-0.2, -0.15) is 44.9 Å². The summed E-state index contributed by atoms with van der Waals surface area (Å²) in [6.07, 6.45) is -10.2. The third-order valence-corrected chi connectivity index (χ3v) is 4.23. The SMILES string of the molecule is Cc1nn(-c2c(F)c(F)nc(C(F)(F)F)c2F)c(O)c1C(=O)c1ccc(C(F)(F)F)cc1.[Zn]. The first kappa shape index (κ1) is 26.3. The maximum Gasteiger partial charge on any atom is 0.436 e. The second kappa shape index (κ2) is 8.77. The van der Waals surface area contributed by atoms with Crippen LogP contribution in [0.2, 0.25) is 0 Å². The number of alkyl halides is 6. The van der Waals surface area contributed by atoms with Crippen molar-refractivity contribution in [3.05, 3.63) is 69.9 Å². The molecule has 0 unspecified atom stereocenters. The summed E-state index contributed by atoms with van der Waals surface area (Å²) in [6, 6.07) is 2.60. The molecule has 1 N–H and O–H groups in total. The Labute approximate surface area is 190 Å². The summed E-state index contributed by atoms with van der Waals surface area (Å²) in [4.78, 5) is 14.8. The molecule has 0 fully saturated rings. The number of nitrogens with zero attached hydrogens (tertiary/aromatic N) is 3. The molecule has 0 aliphatic carbocycles. The molecule has 0 aliphatic heterocycles. The van der Waals surface area contributed by atoms with Crippen molar-refractivity contribution in [1.29, 1.82) is 0 Å². The number of hydrogen-bond acceptors (Lipinski definition) is 4. The Bertz CT molecular complexity index is 1220. The fourth-order valence-electron chi connectivity index (χ4n) is 2.77. The predicted molar refractivity (Wildman–Crippen MR) is 87.5 cm³/mol. The number of aromatic nitrogens is 3. The number of carbonyl (C=O) groups excluding carboxylic acids is 1. The Morgan fingerprint density at radius 2 is 1.48 bits per heavy atom. The van der Waals surface area contributed by atoms with E-state index in [1.54, 1.807) is 0 Å². The first-order chi connectivity index (χ1) is 14.6. The van der Waals surface area contributed by atoms with Gasteiger partial charge in [-0.25, -0.2) is 9.37 Å². The van der Waals surface area contributed by atoms with Gasteiger partial charge in [-0.3, -0.25) is 4.79 Å². The molecule has 0 bridgehead atoms. The molecular formula is C18H8F9N3O2Zn. The number of pyridine rings is 1. The topological polar surface area (TPSA) is 68.0 Å². The Morgan fingerprint density at radius 1 is 0.939 bits per heavy atom. The maximum atomic E-state index is 14.3. The zero-order valence-corrected chi connectivity index (χ0v) is 19.1. The first-order valence-corrected chi connectivity index (χ1v) is 8.27. The first-order valence-electron chi connectivity index (χ1n) is 8.27. The number of carbonyl (C=O) groups is 1. The van der Waals surface area contributed by atoms with Crippen molar-refractivity contribution in [2.75, 3.05) is 0 Å². The van der Waals surface area contributed by atoms with Crippen molar-refractivity contribution in [2.24, 2.45) is 0 Å². The molecule has 172 valence electrons. The van der Waals surface area contributed by atoms with Crippen LogP contribution in [0.3, 0.4) is 0 Å². The van der Waals surface area contributed by atoms with Crippen molar-refractivity contribution >= 4 is 5.78 Å². The van der Waals surface area contributed by atoms with E-state index in [0.29, 0.717) is 12.1 Å². The van der Waals surface area contributed by atoms with Gasteiger partial charge in [-0.05, 0) is 19.1 Å². The van der Waals surface area contributed by atoms with E-state index in [2.05, 4.69) is 10.1 Å². The molecule has 2 heterocycles. The van der Waals surface area contributed by atoms with E-state index in [9.17, 15) is 49.4 Å². The minimum Gasteiger partial charge on any atom is -0.493 e. The van der Waals surface area contributed by atoms with E-state index in [0.717, 1.165) is 19.1 Å². The zero-order chi connectivity index (χ0) is 24.2. The van der Waals surface area contributed by atoms with E-state index in [1.165, 1.54) is 0 Å². The molecule has 0 amide bonds. The van der Waals surface area contributed by atoms with Crippen LogP contribution >= 0.6 is 0 Å². The molecule has 0 radical (unpaired) electrons. The van der Waals surface area contributed by atoms with Crippen LogP contribution in [-0.2, 0) is 31.8 Å². The fraction of sp³-hybridized carbons (Fsp3) is 0.167. The quantitative estimate of drug-likeness (QED) is 0.223. The van der Waals surface area contributed by atoms with Crippen molar-refractivity contribution in [1.82, 2.24) is 14.8 Å². The Kier molecular flexibility index (Phi) is 6.99. The maximum absolute atomic E-state index is 14.3. The predicted octanol–water partition coefficient (Wildman–Crippen LogP) is 4.96. The Hall–Kier alpha value is -2.96. The molecule has 1 aromatic carbocycles. The van der Waals surface area contributed by atoms with Crippen LogP contribution in [0.1, 0.15) is 32.9 Å². The average Bonchev–Trinajstić information content (AvgIpc) is 2.97. The number of hydrogen-bond donors (Lipinski definition) is 1. The van der Waals surface area contributed by atoms with Crippen LogP contribution in [0.15, 0.2) is 24.3 Å². The molecule has 33 heavy (non-hydrogen) atoms. The molecule has 0 atom stereocenters. The fourth-order valence-corrected chi connectivity index (χ4v) is 2.77. The number of halogens is 9. The van der Waals surface area contributed by atoms with Crippen LogP contribution in [0, 0.1) is 24.5 Å². The standard InChI is InChI=1S/C18H8F9N3O2.Zn/c1-6-9(13(31)7-2-4-8(5-3-7)17(22,23)24)16(32)30(29-6)12-10(19)14(18(25,26)27)28-15(21)11(12)20;/h2-5,32H,1H3;. The van der Waals surface area contributed by atoms with Gasteiger partial charge in [0.15, 0.2) is 17.3 Å². The summed E-state index contributed by atoms with van der Waals surface area (Å²) >= 11 is 0. The van der Waals surface area contributed by atoms with Crippen LogP contribution < -0.4 is 0 Å². The van der Waals surface area contributed by atoms with E-state index in [-0.39, 0.29) is 24.2 Å². The van der Waals surface area contributed by atoms with Crippen LogP contribution in [0.4, 0.5) is 39.5 Å². The van der Waals surface area contributed by atoms with E-state index in [4.69, 9.17) is 0 Å². The van der Waals surface area contributed by atoms with Gasteiger partial charge in [0.2, 0.25) is 11.7 Å². The minimum atomic E-state index is -5.54. The molecule has 0 spiro atoms. The second-order valence-corrected chi connectivity index (χ2v) is 6.33. The minimum absolute atomic E-state index is 0. The molecule has 3 aromatic rings. The molecule has 3 rings (SSSR count). The summed E-state index contributed by atoms with van der Waals surface area (Å²) in [7, 11) is 0. The van der Waals surface area contributed by atoms with Gasteiger partial charge in [0.25, 0.3) is 5.95 Å². The van der Waals surface area contributed by atoms with Crippen molar-refractivity contribution in [2.45, 2.75) is 19.3 Å². The molecule has 0 aliphatic rings. The van der Waals surface area contributed by atoms with Gasteiger partial charge in [-0.1, -0.05) is 12.1 Å². The van der Waals surface area contributed by atoms with Gasteiger partial charge in [0, 0.05) is 25.0 Å². The number of aromatic hydroxyl groups is 1. The van der Waals surface area contributed by atoms with E-state index in [1.807, 2.05) is 0 Å². The largest absolute Gasteiger partial charge is 0.493 e. The zero-order valence-electron chi connectivity index (χ0n) is 16.1. The molecule has 5 nitrogen and oxygen atoms in total. The summed E-state index contributed by atoms with van der Waals surface area (Å²) in [5.74, 6) is -9.53. The molecule has 2 aromatic heterocycles. The van der Waals surface area contributed by atoms with Gasteiger partial charge in [-0.15, -0.1) is 0 Å². The van der Waals surface area contributed by atoms with Gasteiger partial charge in [0.05, 0.1) is 11.3 Å². The van der Waals surface area contributed by atoms with Crippen molar-refractivity contribution in [3.8, 4) is 11.6 Å². The number of rotatable bonds is 3. The normalized spacial score (nSPS) is 11.9. The summed E-state index contributed by atoms with van der Waals surface area (Å²) < 4.78 is 119. The smallest absolute Gasteiger partial charge is 0.436 e. The van der Waals surface area contributed by atoms with Crippen molar-refractivity contribution in [3.63, 3.8) is 0 Å². The van der Waals surface area contributed by atoms with E-state index >= 15 is 0 Å². The average molecular weight is 535 g/mol. The Morgan fingerprint density at radius 3 is 1.97 bits per heavy atom. The third-order valence-electron chi connectivity index (χ3n) is 4.23. The second-order valence-electron chi connectivity index (χ2n) is 6.33.